The fraction of sp³-hybridized carbons (Fsp3) is 0.438. The third-order valence-electron chi connectivity index (χ3n) is 4.24. The molecule has 0 aromatic carbocycles. The molecule has 3 rings (SSSR count). The lowest BCUT2D eigenvalue weighted by atomic mass is 9.91. The highest BCUT2D eigenvalue weighted by atomic mass is 16.5. The fourth-order valence-electron chi connectivity index (χ4n) is 2.96. The average Bonchev–Trinajstić information content (AvgIpc) is 3.00. The van der Waals surface area contributed by atoms with E-state index in [9.17, 15) is 4.79 Å². The summed E-state index contributed by atoms with van der Waals surface area (Å²) in [5, 5.41) is 7.17. The summed E-state index contributed by atoms with van der Waals surface area (Å²) in [6.45, 7) is 3.54. The van der Waals surface area contributed by atoms with Crippen molar-refractivity contribution in [3.8, 4) is 5.75 Å². The number of aromatic amines is 1. The number of pyridine rings is 1. The quantitative estimate of drug-likeness (QED) is 0.942. The molecule has 6 heteroatoms. The van der Waals surface area contributed by atoms with Crippen molar-refractivity contribution in [3.05, 3.63) is 41.5 Å². The molecule has 2 aromatic heterocycles. The van der Waals surface area contributed by atoms with Crippen molar-refractivity contribution in [2.45, 2.75) is 25.7 Å². The van der Waals surface area contributed by atoms with E-state index in [1.54, 1.807) is 25.4 Å². The monoisotopic (exact) mass is 300 g/mol. The number of rotatable bonds is 3. The summed E-state index contributed by atoms with van der Waals surface area (Å²) < 4.78 is 5.15. The summed E-state index contributed by atoms with van der Waals surface area (Å²) in [5.74, 6) is 1.07. The Labute approximate surface area is 129 Å². The summed E-state index contributed by atoms with van der Waals surface area (Å²) in [7, 11) is 1.59. The topological polar surface area (TPSA) is 71.1 Å². The molecule has 1 fully saturated rings. The van der Waals surface area contributed by atoms with Crippen molar-refractivity contribution < 1.29 is 9.53 Å². The van der Waals surface area contributed by atoms with Crippen LogP contribution in [0, 0.1) is 6.92 Å². The second kappa shape index (κ2) is 6.17. The first-order valence-corrected chi connectivity index (χ1v) is 7.48. The van der Waals surface area contributed by atoms with Crippen LogP contribution in [-0.2, 0) is 0 Å². The molecular weight excluding hydrogens is 280 g/mol. The molecule has 0 aliphatic carbocycles. The fourth-order valence-corrected chi connectivity index (χ4v) is 2.96. The number of likely N-dealkylation sites (tertiary alicyclic amines) is 1. The lowest BCUT2D eigenvalue weighted by molar-refractivity contribution is 0.0705. The number of carbonyl (C=O) groups is 1. The Morgan fingerprint density at radius 1 is 1.41 bits per heavy atom. The van der Waals surface area contributed by atoms with Gasteiger partial charge in [-0.05, 0) is 31.4 Å². The summed E-state index contributed by atoms with van der Waals surface area (Å²) in [5.41, 5.74) is 2.83. The molecule has 3 heterocycles. The number of nitrogens with zero attached hydrogens (tertiary/aromatic N) is 3. The van der Waals surface area contributed by atoms with Gasteiger partial charge < -0.3 is 9.64 Å². The number of aryl methyl sites for hydroxylation is 1. The average molecular weight is 300 g/mol. The Kier molecular flexibility index (Phi) is 4.09. The number of nitrogens with one attached hydrogen (secondary N) is 1. The second-order valence-corrected chi connectivity index (χ2v) is 5.61. The summed E-state index contributed by atoms with van der Waals surface area (Å²) >= 11 is 0. The molecule has 0 atom stereocenters. The lowest BCUT2D eigenvalue weighted by Gasteiger charge is -2.31. The van der Waals surface area contributed by atoms with E-state index in [4.69, 9.17) is 4.74 Å². The molecule has 1 aliphatic heterocycles. The van der Waals surface area contributed by atoms with Crippen LogP contribution in [0.15, 0.2) is 24.5 Å². The van der Waals surface area contributed by atoms with E-state index < -0.39 is 0 Å². The van der Waals surface area contributed by atoms with Crippen molar-refractivity contribution in [3.63, 3.8) is 0 Å². The van der Waals surface area contributed by atoms with E-state index in [0.717, 1.165) is 25.9 Å². The zero-order valence-corrected chi connectivity index (χ0v) is 12.9. The van der Waals surface area contributed by atoms with Crippen LogP contribution in [0.3, 0.4) is 0 Å². The minimum atomic E-state index is -0.0290. The largest absolute Gasteiger partial charge is 0.497 e. The van der Waals surface area contributed by atoms with Crippen LogP contribution in [-0.4, -0.2) is 46.2 Å². The van der Waals surface area contributed by atoms with Crippen LogP contribution in [0.25, 0.3) is 0 Å². The van der Waals surface area contributed by atoms with Gasteiger partial charge in [0.1, 0.15) is 11.4 Å². The van der Waals surface area contributed by atoms with E-state index in [-0.39, 0.29) is 5.91 Å². The number of hydrogen-bond acceptors (Lipinski definition) is 4. The highest BCUT2D eigenvalue weighted by molar-refractivity contribution is 5.92. The normalized spacial score (nSPS) is 15.8. The van der Waals surface area contributed by atoms with Gasteiger partial charge in [-0.1, -0.05) is 0 Å². The molecular formula is C16H20N4O2. The molecule has 6 nitrogen and oxygen atoms in total. The standard InChI is InChI=1S/C16H20N4O2/c1-11-10-18-19-15(11)12-4-7-20(8-5-12)16(21)14-9-13(22-2)3-6-17-14/h3,6,9-10,12H,4-5,7-8H2,1-2H3,(H,18,19). The molecule has 1 saturated heterocycles. The maximum absolute atomic E-state index is 12.5. The van der Waals surface area contributed by atoms with Crippen molar-refractivity contribution in [2.24, 2.45) is 0 Å². The molecule has 1 aliphatic rings. The van der Waals surface area contributed by atoms with Gasteiger partial charge in [0.25, 0.3) is 5.91 Å². The summed E-state index contributed by atoms with van der Waals surface area (Å²) in [6, 6.07) is 3.43. The van der Waals surface area contributed by atoms with E-state index in [0.29, 0.717) is 17.4 Å². The molecule has 0 unspecified atom stereocenters. The molecule has 0 bridgehead atoms. The Hall–Kier alpha value is -2.37. The Balaban J connectivity index is 1.65. The van der Waals surface area contributed by atoms with Gasteiger partial charge in [-0.15, -0.1) is 0 Å². The lowest BCUT2D eigenvalue weighted by Crippen LogP contribution is -2.38. The van der Waals surface area contributed by atoms with Gasteiger partial charge in [-0.2, -0.15) is 5.10 Å². The van der Waals surface area contributed by atoms with E-state index >= 15 is 0 Å². The molecule has 116 valence electrons. The molecule has 1 amide bonds. The number of aromatic nitrogens is 3. The molecule has 0 saturated carbocycles. The number of ether oxygens (including phenoxy) is 1. The third-order valence-corrected chi connectivity index (χ3v) is 4.24. The molecule has 0 radical (unpaired) electrons. The molecule has 1 N–H and O–H groups in total. The van der Waals surface area contributed by atoms with Crippen molar-refractivity contribution in [1.29, 1.82) is 0 Å². The maximum Gasteiger partial charge on any atom is 0.272 e. The Morgan fingerprint density at radius 2 is 2.18 bits per heavy atom. The summed E-state index contributed by atoms with van der Waals surface area (Å²) in [4.78, 5) is 18.5. The van der Waals surface area contributed by atoms with Crippen molar-refractivity contribution >= 4 is 5.91 Å². The smallest absolute Gasteiger partial charge is 0.272 e. The first-order chi connectivity index (χ1) is 10.7. The number of H-pyrrole nitrogens is 1. The zero-order valence-electron chi connectivity index (χ0n) is 12.9. The number of hydrogen-bond donors (Lipinski definition) is 1. The van der Waals surface area contributed by atoms with Gasteiger partial charge in [-0.3, -0.25) is 14.9 Å². The van der Waals surface area contributed by atoms with Gasteiger partial charge in [0.2, 0.25) is 0 Å². The number of amides is 1. The van der Waals surface area contributed by atoms with E-state index in [1.165, 1.54) is 11.3 Å². The predicted molar refractivity (Wildman–Crippen MR) is 82.0 cm³/mol. The van der Waals surface area contributed by atoms with Crippen LogP contribution in [0.4, 0.5) is 0 Å². The van der Waals surface area contributed by atoms with E-state index in [2.05, 4.69) is 22.1 Å². The zero-order chi connectivity index (χ0) is 15.5. The van der Waals surface area contributed by atoms with Crippen LogP contribution in [0.1, 0.15) is 40.5 Å². The predicted octanol–water partition coefficient (Wildman–Crippen LogP) is 2.14. The highest BCUT2D eigenvalue weighted by Crippen LogP contribution is 2.29. The third kappa shape index (κ3) is 2.81. The molecule has 0 spiro atoms. The van der Waals surface area contributed by atoms with E-state index in [1.807, 2.05) is 11.1 Å². The highest BCUT2D eigenvalue weighted by Gasteiger charge is 2.26. The molecule has 22 heavy (non-hydrogen) atoms. The SMILES string of the molecule is COc1ccnc(C(=O)N2CCC(c3[nH]ncc3C)CC2)c1. The minimum absolute atomic E-state index is 0.0290. The van der Waals surface area contributed by atoms with Crippen LogP contribution < -0.4 is 4.74 Å². The second-order valence-electron chi connectivity index (χ2n) is 5.61. The minimum Gasteiger partial charge on any atom is -0.497 e. The van der Waals surface area contributed by atoms with Crippen LogP contribution in [0.2, 0.25) is 0 Å². The Morgan fingerprint density at radius 3 is 2.82 bits per heavy atom. The van der Waals surface area contributed by atoms with Crippen LogP contribution in [0.5, 0.6) is 5.75 Å². The van der Waals surface area contributed by atoms with Gasteiger partial charge >= 0.3 is 0 Å². The first kappa shape index (κ1) is 14.6. The summed E-state index contributed by atoms with van der Waals surface area (Å²) in [6.07, 6.45) is 5.34. The number of piperidine rings is 1. The van der Waals surface area contributed by atoms with Crippen LogP contribution >= 0.6 is 0 Å². The van der Waals surface area contributed by atoms with Gasteiger partial charge in [0, 0.05) is 37.0 Å². The van der Waals surface area contributed by atoms with Gasteiger partial charge in [-0.25, -0.2) is 0 Å². The Bertz CT molecular complexity index is 660. The van der Waals surface area contributed by atoms with Crippen molar-refractivity contribution in [1.82, 2.24) is 20.1 Å². The molecule has 2 aromatic rings. The number of methoxy groups -OCH3 is 1. The first-order valence-electron chi connectivity index (χ1n) is 7.48. The van der Waals surface area contributed by atoms with Gasteiger partial charge in [0.05, 0.1) is 13.3 Å². The number of carbonyl (C=O) groups excluding carboxylic acids is 1. The van der Waals surface area contributed by atoms with Gasteiger partial charge in [0.15, 0.2) is 0 Å². The maximum atomic E-state index is 12.5. The van der Waals surface area contributed by atoms with Crippen molar-refractivity contribution in [2.75, 3.05) is 20.2 Å².